The van der Waals surface area contributed by atoms with Crippen LogP contribution in [0.25, 0.3) is 0 Å². The van der Waals surface area contributed by atoms with Crippen LogP contribution >= 0.6 is 0 Å². The molecule has 30 heavy (non-hydrogen) atoms. The first-order valence-corrected chi connectivity index (χ1v) is 11.7. The molecule has 1 aromatic carbocycles. The minimum absolute atomic E-state index is 0.0114. The molecule has 0 radical (unpaired) electrons. The Morgan fingerprint density at radius 2 is 2.00 bits per heavy atom. The number of carbonyl (C=O) groups excluding carboxylic acids is 1. The molecule has 1 spiro atoms. The number of amides is 1. The fraction of sp³-hybridized carbons (Fsp3) is 0.455. The van der Waals surface area contributed by atoms with Crippen LogP contribution in [0.4, 0.5) is 5.69 Å². The summed E-state index contributed by atoms with van der Waals surface area (Å²) in [6.07, 6.45) is 4.67. The molecule has 1 aromatic heterocycles. The van der Waals surface area contributed by atoms with Crippen LogP contribution in [0.2, 0.25) is 0 Å². The number of hydrogen-bond acceptors (Lipinski definition) is 5. The van der Waals surface area contributed by atoms with Gasteiger partial charge in [0.05, 0.1) is 22.4 Å². The first-order valence-electron chi connectivity index (χ1n) is 10.3. The smallest absolute Gasteiger partial charge is 0.253 e. The Labute approximate surface area is 177 Å². The molecule has 0 saturated carbocycles. The molecular weight excluding hydrogens is 402 g/mol. The van der Waals surface area contributed by atoms with Gasteiger partial charge in [-0.25, -0.2) is 8.42 Å². The standard InChI is InChI=1S/C22H27N3O4S/c1-16-5-7-19(8-6-16)30(27,28)25-13-11-22(17(2)15-25)10-9-20(29-22)21(26)24-18-4-3-12-23-14-18/h3-8,12,14,17,20H,9-11,13,15H2,1-2H3,(H,24,26)/t17-,20-,22-/m1/s1. The predicted octanol–water partition coefficient (Wildman–Crippen LogP) is 2.98. The van der Waals surface area contributed by atoms with Crippen LogP contribution in [0.3, 0.4) is 0 Å². The first-order chi connectivity index (χ1) is 14.3. The molecule has 2 aromatic rings. The summed E-state index contributed by atoms with van der Waals surface area (Å²) in [6.45, 7) is 4.71. The third kappa shape index (κ3) is 3.99. The number of piperidine rings is 1. The third-order valence-corrected chi connectivity index (χ3v) is 8.13. The fourth-order valence-electron chi connectivity index (χ4n) is 4.37. The van der Waals surface area contributed by atoms with Crippen molar-refractivity contribution in [3.05, 3.63) is 54.4 Å². The van der Waals surface area contributed by atoms with E-state index in [-0.39, 0.29) is 11.8 Å². The molecule has 7 nitrogen and oxygen atoms in total. The Morgan fingerprint density at radius 3 is 2.67 bits per heavy atom. The number of aryl methyl sites for hydroxylation is 1. The van der Waals surface area contributed by atoms with E-state index in [2.05, 4.69) is 10.3 Å². The molecule has 2 aliphatic rings. The van der Waals surface area contributed by atoms with Crippen molar-refractivity contribution in [2.24, 2.45) is 5.92 Å². The zero-order chi connectivity index (χ0) is 21.4. The largest absolute Gasteiger partial charge is 0.362 e. The van der Waals surface area contributed by atoms with Gasteiger partial charge in [0.1, 0.15) is 6.10 Å². The number of hydrogen-bond donors (Lipinski definition) is 1. The van der Waals surface area contributed by atoms with Gasteiger partial charge in [0.25, 0.3) is 5.91 Å². The lowest BCUT2D eigenvalue weighted by Crippen LogP contribution is -2.52. The zero-order valence-electron chi connectivity index (χ0n) is 17.2. The highest BCUT2D eigenvalue weighted by Gasteiger charge is 2.50. The quantitative estimate of drug-likeness (QED) is 0.807. The van der Waals surface area contributed by atoms with E-state index >= 15 is 0 Å². The van der Waals surface area contributed by atoms with Gasteiger partial charge in [0.2, 0.25) is 10.0 Å². The van der Waals surface area contributed by atoms with Gasteiger partial charge >= 0.3 is 0 Å². The van der Waals surface area contributed by atoms with Crippen LogP contribution in [0, 0.1) is 12.8 Å². The second-order valence-corrected chi connectivity index (χ2v) is 10.2. The van der Waals surface area contributed by atoms with Gasteiger partial charge in [-0.1, -0.05) is 24.6 Å². The van der Waals surface area contributed by atoms with Crippen molar-refractivity contribution in [2.75, 3.05) is 18.4 Å². The van der Waals surface area contributed by atoms with Gasteiger partial charge in [-0.3, -0.25) is 9.78 Å². The van der Waals surface area contributed by atoms with Crippen molar-refractivity contribution >= 4 is 21.6 Å². The minimum Gasteiger partial charge on any atom is -0.362 e. The molecule has 160 valence electrons. The number of anilines is 1. The van der Waals surface area contributed by atoms with E-state index in [0.29, 0.717) is 36.5 Å². The molecule has 1 N–H and O–H groups in total. The molecule has 2 saturated heterocycles. The highest BCUT2D eigenvalue weighted by Crippen LogP contribution is 2.43. The molecule has 3 heterocycles. The SMILES string of the molecule is Cc1ccc(S(=O)(=O)N2CC[C@]3(CC[C@H](C(=O)Nc4cccnc4)O3)[C@H](C)C2)cc1. The zero-order valence-corrected chi connectivity index (χ0v) is 18.1. The van der Waals surface area contributed by atoms with Crippen LogP contribution in [0.15, 0.2) is 53.7 Å². The molecule has 1 amide bonds. The maximum Gasteiger partial charge on any atom is 0.253 e. The minimum atomic E-state index is -3.54. The number of ether oxygens (including phenoxy) is 1. The number of rotatable bonds is 4. The maximum atomic E-state index is 13.0. The summed E-state index contributed by atoms with van der Waals surface area (Å²) in [4.78, 5) is 16.9. The Balaban J connectivity index is 1.42. The highest BCUT2D eigenvalue weighted by molar-refractivity contribution is 7.89. The highest BCUT2D eigenvalue weighted by atomic mass is 32.2. The van der Waals surface area contributed by atoms with Crippen LogP contribution in [-0.4, -0.2) is 48.4 Å². The van der Waals surface area contributed by atoms with E-state index in [4.69, 9.17) is 4.74 Å². The summed E-state index contributed by atoms with van der Waals surface area (Å²) < 4.78 is 33.9. The lowest BCUT2D eigenvalue weighted by molar-refractivity contribution is -0.140. The van der Waals surface area contributed by atoms with Gasteiger partial charge in [0, 0.05) is 19.3 Å². The number of benzene rings is 1. The van der Waals surface area contributed by atoms with Gasteiger partial charge < -0.3 is 10.1 Å². The molecule has 2 aliphatic heterocycles. The number of sulfonamides is 1. The Bertz CT molecular complexity index is 1010. The number of nitrogens with one attached hydrogen (secondary N) is 1. The normalized spacial score (nSPS) is 27.3. The Hall–Kier alpha value is -2.29. The van der Waals surface area contributed by atoms with E-state index in [9.17, 15) is 13.2 Å². The lowest BCUT2D eigenvalue weighted by atomic mass is 9.81. The van der Waals surface area contributed by atoms with Crippen LogP contribution in [0.1, 0.15) is 31.7 Å². The van der Waals surface area contributed by atoms with Gasteiger partial charge in [-0.05, 0) is 56.4 Å². The van der Waals surface area contributed by atoms with E-state index in [1.807, 2.05) is 26.0 Å². The fourth-order valence-corrected chi connectivity index (χ4v) is 5.90. The lowest BCUT2D eigenvalue weighted by Gasteiger charge is -2.43. The first kappa shape index (κ1) is 21.0. The molecule has 2 fully saturated rings. The second kappa shape index (κ2) is 8.09. The average Bonchev–Trinajstić information content (AvgIpc) is 3.16. The van der Waals surface area contributed by atoms with Gasteiger partial charge in [-0.15, -0.1) is 0 Å². The molecule has 8 heteroatoms. The van der Waals surface area contributed by atoms with Crippen molar-refractivity contribution in [3.63, 3.8) is 0 Å². The molecule has 0 aliphatic carbocycles. The molecular formula is C22H27N3O4S. The summed E-state index contributed by atoms with van der Waals surface area (Å²) in [5, 5.41) is 2.85. The van der Waals surface area contributed by atoms with Crippen LogP contribution < -0.4 is 5.32 Å². The summed E-state index contributed by atoms with van der Waals surface area (Å²) in [7, 11) is -3.54. The predicted molar refractivity (Wildman–Crippen MR) is 113 cm³/mol. The maximum absolute atomic E-state index is 13.0. The third-order valence-electron chi connectivity index (χ3n) is 6.25. The second-order valence-electron chi connectivity index (χ2n) is 8.27. The van der Waals surface area contributed by atoms with Crippen LogP contribution in [-0.2, 0) is 19.6 Å². The molecule has 0 unspecified atom stereocenters. The number of carbonyl (C=O) groups is 1. The molecule has 4 rings (SSSR count). The monoisotopic (exact) mass is 429 g/mol. The summed E-state index contributed by atoms with van der Waals surface area (Å²) in [5.74, 6) is -0.190. The molecule has 3 atom stereocenters. The summed E-state index contributed by atoms with van der Waals surface area (Å²) >= 11 is 0. The van der Waals surface area contributed by atoms with Crippen molar-refractivity contribution in [1.82, 2.24) is 9.29 Å². The summed E-state index contributed by atoms with van der Waals surface area (Å²) in [5.41, 5.74) is 1.20. The van der Waals surface area contributed by atoms with Crippen LogP contribution in [0.5, 0.6) is 0 Å². The number of aromatic nitrogens is 1. The van der Waals surface area contributed by atoms with Crippen molar-refractivity contribution in [3.8, 4) is 0 Å². The van der Waals surface area contributed by atoms with Gasteiger partial charge in [0.15, 0.2) is 0 Å². The summed E-state index contributed by atoms with van der Waals surface area (Å²) in [6, 6.07) is 10.5. The van der Waals surface area contributed by atoms with E-state index in [0.717, 1.165) is 12.0 Å². The Morgan fingerprint density at radius 1 is 1.23 bits per heavy atom. The number of nitrogens with zero attached hydrogens (tertiary/aromatic N) is 2. The van der Waals surface area contributed by atoms with E-state index < -0.39 is 21.7 Å². The topological polar surface area (TPSA) is 88.6 Å². The molecule has 0 bridgehead atoms. The van der Waals surface area contributed by atoms with Crippen molar-refractivity contribution < 1.29 is 17.9 Å². The Kier molecular flexibility index (Phi) is 5.65. The average molecular weight is 430 g/mol. The van der Waals surface area contributed by atoms with Crippen molar-refractivity contribution in [1.29, 1.82) is 0 Å². The van der Waals surface area contributed by atoms with Crippen molar-refractivity contribution in [2.45, 2.75) is 49.7 Å². The van der Waals surface area contributed by atoms with E-state index in [1.165, 1.54) is 0 Å². The van der Waals surface area contributed by atoms with E-state index in [1.54, 1.807) is 41.0 Å². The van der Waals surface area contributed by atoms with Gasteiger partial charge in [-0.2, -0.15) is 4.31 Å². The number of pyridine rings is 1.